The van der Waals surface area contributed by atoms with Crippen LogP contribution < -0.4 is 21.9 Å². The molecule has 0 aliphatic heterocycles. The molecule has 1 unspecified atom stereocenters. The number of nitrogen functional groups attached to an aromatic ring is 2. The van der Waals surface area contributed by atoms with Gasteiger partial charge < -0.3 is 21.3 Å². The smallest absolute Gasteiger partial charge is 0.221 e. The molecule has 0 fully saturated rings. The lowest BCUT2D eigenvalue weighted by Crippen LogP contribution is -2.06. The quantitative estimate of drug-likeness (QED) is 0.484. The van der Waals surface area contributed by atoms with Crippen molar-refractivity contribution in [3.8, 4) is 0 Å². The van der Waals surface area contributed by atoms with Crippen LogP contribution in [0.3, 0.4) is 0 Å². The summed E-state index contributed by atoms with van der Waals surface area (Å²) in [4.78, 5) is 12.6. The number of aryl methyl sites for hydroxylation is 1. The minimum atomic E-state index is -2.36. The Hall–Kier alpha value is -2.82. The summed E-state index contributed by atoms with van der Waals surface area (Å²) in [7, 11) is 0. The molecule has 3 rings (SSSR count). The molecule has 2 heterocycles. The highest BCUT2D eigenvalue weighted by Crippen LogP contribution is 2.30. The first kappa shape index (κ1) is 20.5. The lowest BCUT2D eigenvalue weighted by molar-refractivity contribution is 0.539. The Balaban J connectivity index is 0.000000596. The Kier molecular flexibility index (Phi) is 6.99. The summed E-state index contributed by atoms with van der Waals surface area (Å²) in [6.45, 7) is 5.01. The second-order valence-corrected chi connectivity index (χ2v) is 6.25. The molecule has 0 amide bonds. The maximum Gasteiger partial charge on any atom is 0.221 e. The molecule has 3 aromatic rings. The lowest BCUT2D eigenvalue weighted by atomic mass is 9.97. The third-order valence-corrected chi connectivity index (χ3v) is 3.83. The number of benzene rings is 1. The summed E-state index contributed by atoms with van der Waals surface area (Å²) >= 11 is -2.36. The number of hydrogen-bond acceptors (Lipinski definition) is 8. The minimum Gasteiger partial charge on any atom is -0.760 e. The van der Waals surface area contributed by atoms with Crippen LogP contribution in [0.2, 0.25) is 0 Å². The molecule has 0 aliphatic rings. The average Bonchev–Trinajstić information content (AvgIpc) is 2.60. The molecule has 0 saturated carbocycles. The molecule has 1 aromatic carbocycles. The van der Waals surface area contributed by atoms with Crippen LogP contribution in [0.25, 0.3) is 10.9 Å². The van der Waals surface area contributed by atoms with Gasteiger partial charge in [-0.1, -0.05) is 12.1 Å². The number of nitrogens with two attached hydrogens (primary N) is 3. The van der Waals surface area contributed by atoms with Gasteiger partial charge in [-0.3, -0.25) is 14.3 Å². The zero-order chi connectivity index (χ0) is 20.0. The van der Waals surface area contributed by atoms with Gasteiger partial charge in [0.25, 0.3) is 0 Å². The Morgan fingerprint density at radius 1 is 1.26 bits per heavy atom. The van der Waals surface area contributed by atoms with E-state index >= 15 is 0 Å². The van der Waals surface area contributed by atoms with Crippen LogP contribution in [-0.2, 0) is 17.7 Å². The number of pyridine rings is 1. The maximum absolute atomic E-state index is 8.78. The van der Waals surface area contributed by atoms with Gasteiger partial charge in [-0.15, -0.1) is 0 Å². The van der Waals surface area contributed by atoms with E-state index in [0.29, 0.717) is 12.2 Å². The van der Waals surface area contributed by atoms with Crippen LogP contribution in [0.5, 0.6) is 0 Å². The highest BCUT2D eigenvalue weighted by molar-refractivity contribution is 7.76. The summed E-state index contributed by atoms with van der Waals surface area (Å²) in [6.07, 6.45) is 4.14. The van der Waals surface area contributed by atoms with Crippen molar-refractivity contribution in [3.05, 3.63) is 47.3 Å². The Labute approximate surface area is 159 Å². The van der Waals surface area contributed by atoms with Crippen LogP contribution in [-0.4, -0.2) is 30.3 Å². The summed E-state index contributed by atoms with van der Waals surface area (Å²) in [6, 6.07) is 6.18. The fourth-order valence-electron chi connectivity index (χ4n) is 2.78. The molecule has 0 saturated heterocycles. The van der Waals surface area contributed by atoms with Crippen molar-refractivity contribution in [1.82, 2.24) is 15.0 Å². The SMILES string of the molecule is CCNc1c(C)cc(Cc2cnc(N)nc2N)c2cccnc12.NS(=O)[O-]. The van der Waals surface area contributed by atoms with E-state index in [2.05, 4.69) is 51.4 Å². The molecule has 144 valence electrons. The first-order chi connectivity index (χ1) is 12.8. The molecule has 1 atom stereocenters. The van der Waals surface area contributed by atoms with Crippen molar-refractivity contribution in [2.24, 2.45) is 5.14 Å². The van der Waals surface area contributed by atoms with Gasteiger partial charge in [-0.2, -0.15) is 4.98 Å². The number of hydrogen-bond donors (Lipinski definition) is 4. The maximum atomic E-state index is 8.78. The fraction of sp³-hybridized carbons (Fsp3) is 0.235. The highest BCUT2D eigenvalue weighted by atomic mass is 32.2. The van der Waals surface area contributed by atoms with Gasteiger partial charge in [0, 0.05) is 47.6 Å². The molecule has 0 spiro atoms. The van der Waals surface area contributed by atoms with Crippen LogP contribution in [0.1, 0.15) is 23.6 Å². The van der Waals surface area contributed by atoms with Crippen molar-refractivity contribution >= 4 is 39.6 Å². The number of anilines is 3. The van der Waals surface area contributed by atoms with Gasteiger partial charge >= 0.3 is 0 Å². The molecule has 2 aromatic heterocycles. The van der Waals surface area contributed by atoms with E-state index in [4.69, 9.17) is 20.2 Å². The molecule has 7 N–H and O–H groups in total. The highest BCUT2D eigenvalue weighted by Gasteiger charge is 2.12. The third-order valence-electron chi connectivity index (χ3n) is 3.83. The van der Waals surface area contributed by atoms with E-state index in [0.717, 1.165) is 39.8 Å². The first-order valence-electron chi connectivity index (χ1n) is 8.15. The number of nitrogens with zero attached hydrogens (tertiary/aromatic N) is 3. The van der Waals surface area contributed by atoms with Gasteiger partial charge in [0.1, 0.15) is 5.82 Å². The second-order valence-electron chi connectivity index (χ2n) is 5.73. The third kappa shape index (κ3) is 5.33. The van der Waals surface area contributed by atoms with Gasteiger partial charge in [0.2, 0.25) is 5.95 Å². The number of rotatable bonds is 4. The van der Waals surface area contributed by atoms with Gasteiger partial charge in [0.15, 0.2) is 0 Å². The molecule has 27 heavy (non-hydrogen) atoms. The van der Waals surface area contributed by atoms with E-state index in [1.165, 1.54) is 0 Å². The van der Waals surface area contributed by atoms with E-state index in [-0.39, 0.29) is 5.95 Å². The van der Waals surface area contributed by atoms with E-state index in [1.54, 1.807) is 6.20 Å². The number of fused-ring (bicyclic) bond motifs is 1. The molecule has 9 nitrogen and oxygen atoms in total. The van der Waals surface area contributed by atoms with Crippen molar-refractivity contribution in [1.29, 1.82) is 0 Å². The molecule has 10 heteroatoms. The summed E-state index contributed by atoms with van der Waals surface area (Å²) < 4.78 is 17.6. The summed E-state index contributed by atoms with van der Waals surface area (Å²) in [5, 5.41) is 8.53. The van der Waals surface area contributed by atoms with Crippen LogP contribution in [0.15, 0.2) is 30.6 Å². The van der Waals surface area contributed by atoms with E-state index in [1.807, 2.05) is 12.3 Å². The van der Waals surface area contributed by atoms with Crippen molar-refractivity contribution in [3.63, 3.8) is 0 Å². The number of aromatic nitrogens is 3. The van der Waals surface area contributed by atoms with Crippen LogP contribution >= 0.6 is 0 Å². The van der Waals surface area contributed by atoms with Gasteiger partial charge in [-0.25, -0.2) is 4.98 Å². The summed E-state index contributed by atoms with van der Waals surface area (Å²) in [5.74, 6) is 0.611. The Morgan fingerprint density at radius 3 is 2.59 bits per heavy atom. The second kappa shape index (κ2) is 9.21. The van der Waals surface area contributed by atoms with E-state index in [9.17, 15) is 0 Å². The molecule has 0 aliphatic carbocycles. The van der Waals surface area contributed by atoms with Crippen LogP contribution in [0, 0.1) is 6.92 Å². The van der Waals surface area contributed by atoms with Gasteiger partial charge in [0.05, 0.1) is 11.2 Å². The monoisotopic (exact) mass is 388 g/mol. The Morgan fingerprint density at radius 2 is 1.96 bits per heavy atom. The lowest BCUT2D eigenvalue weighted by Gasteiger charge is -2.15. The van der Waals surface area contributed by atoms with Crippen molar-refractivity contribution in [2.45, 2.75) is 20.3 Å². The number of nitrogens with one attached hydrogen (secondary N) is 1. The zero-order valence-electron chi connectivity index (χ0n) is 15.1. The summed E-state index contributed by atoms with van der Waals surface area (Å²) in [5.41, 5.74) is 16.7. The molecular formula is C17H22N7O2S-. The standard InChI is InChI=1S/C17H20N6.H3NO2S/c1-3-20-14-10(2)7-11(13-5-4-6-21-15(13)14)8-12-9-22-17(19)23-16(12)18;1-4(2)3/h4-7,9,20H,3,8H2,1-2H3,(H4,18,19,22,23);1H2,(H,2,3)/p-1. The van der Waals surface area contributed by atoms with Gasteiger partial charge in [-0.05, 0) is 31.0 Å². The minimum absolute atomic E-state index is 0.191. The molecule has 0 radical (unpaired) electrons. The Bertz CT molecular complexity index is 961. The van der Waals surface area contributed by atoms with Crippen LogP contribution in [0.4, 0.5) is 17.5 Å². The van der Waals surface area contributed by atoms with Crippen molar-refractivity contribution in [2.75, 3.05) is 23.3 Å². The van der Waals surface area contributed by atoms with Crippen molar-refractivity contribution < 1.29 is 8.76 Å². The zero-order valence-corrected chi connectivity index (χ0v) is 15.9. The van der Waals surface area contributed by atoms with E-state index < -0.39 is 11.3 Å². The fourth-order valence-corrected chi connectivity index (χ4v) is 2.78. The predicted molar refractivity (Wildman–Crippen MR) is 107 cm³/mol. The first-order valence-corrected chi connectivity index (χ1v) is 9.28. The normalized spacial score (nSPS) is 11.6. The predicted octanol–water partition coefficient (Wildman–Crippen LogP) is 1.26. The largest absolute Gasteiger partial charge is 0.760 e. The topological polar surface area (TPSA) is 169 Å². The molecule has 0 bridgehead atoms. The molecular weight excluding hydrogens is 366 g/mol. The average molecular weight is 388 g/mol.